The van der Waals surface area contributed by atoms with E-state index in [1.165, 1.54) is 18.4 Å². The second-order valence-corrected chi connectivity index (χ2v) is 5.16. The predicted octanol–water partition coefficient (Wildman–Crippen LogP) is 4.08. The van der Waals surface area contributed by atoms with Gasteiger partial charge in [-0.05, 0) is 24.3 Å². The Morgan fingerprint density at radius 1 is 1.19 bits per heavy atom. The highest BCUT2D eigenvalue weighted by atomic mass is 14.7. The molecule has 90 valence electrons. The molecule has 1 atom stereocenters. The Balaban J connectivity index is 2.63. The molecule has 1 aromatic carbocycles. The molecule has 0 spiro atoms. The summed E-state index contributed by atoms with van der Waals surface area (Å²) in [5.74, 6) is 0.775. The summed E-state index contributed by atoms with van der Waals surface area (Å²) in [6, 6.07) is 10.5. The molecule has 1 nitrogen and oxygen atoms in total. The molecule has 0 heterocycles. The molecular formula is C15H25N. The molecule has 0 aliphatic heterocycles. The molecule has 0 fully saturated rings. The number of hydrogen-bond donors (Lipinski definition) is 1. The summed E-state index contributed by atoms with van der Waals surface area (Å²) in [7, 11) is 0. The normalized spacial score (nSPS) is 15.1. The second-order valence-electron chi connectivity index (χ2n) is 5.16. The minimum atomic E-state index is -0.129. The van der Waals surface area contributed by atoms with Crippen molar-refractivity contribution >= 4 is 0 Å². The lowest BCUT2D eigenvalue weighted by Gasteiger charge is -2.29. The van der Waals surface area contributed by atoms with E-state index in [4.69, 9.17) is 5.73 Å². The van der Waals surface area contributed by atoms with Gasteiger partial charge in [0.2, 0.25) is 0 Å². The van der Waals surface area contributed by atoms with Crippen molar-refractivity contribution in [2.24, 2.45) is 11.7 Å². The van der Waals surface area contributed by atoms with E-state index in [-0.39, 0.29) is 5.54 Å². The van der Waals surface area contributed by atoms with Gasteiger partial charge in [-0.15, -0.1) is 0 Å². The fraction of sp³-hybridized carbons (Fsp3) is 0.600. The van der Waals surface area contributed by atoms with Crippen LogP contribution in [0, 0.1) is 5.92 Å². The van der Waals surface area contributed by atoms with E-state index in [2.05, 4.69) is 45.0 Å². The molecule has 1 heteroatoms. The standard InChI is InChI=1S/C15H25N/c1-4-15(16,12-8-9-13(2)3)14-10-6-5-7-11-14/h5-7,10-11,13H,4,8-9,12,16H2,1-3H3. The molecule has 0 bridgehead atoms. The largest absolute Gasteiger partial charge is 0.321 e. The first-order chi connectivity index (χ1) is 7.58. The molecule has 1 unspecified atom stereocenters. The molecule has 2 N–H and O–H groups in total. The maximum atomic E-state index is 6.50. The molecule has 0 saturated carbocycles. The molecule has 0 aromatic heterocycles. The third-order valence-corrected chi connectivity index (χ3v) is 3.38. The molecule has 0 aliphatic carbocycles. The highest BCUT2D eigenvalue weighted by Crippen LogP contribution is 2.28. The van der Waals surface area contributed by atoms with Crippen molar-refractivity contribution in [3.05, 3.63) is 35.9 Å². The highest BCUT2D eigenvalue weighted by molar-refractivity contribution is 5.23. The van der Waals surface area contributed by atoms with Crippen molar-refractivity contribution in [2.45, 2.75) is 52.0 Å². The lowest BCUT2D eigenvalue weighted by Crippen LogP contribution is -2.35. The van der Waals surface area contributed by atoms with Crippen LogP contribution in [0.25, 0.3) is 0 Å². The van der Waals surface area contributed by atoms with E-state index in [1.54, 1.807) is 0 Å². The lowest BCUT2D eigenvalue weighted by molar-refractivity contribution is 0.363. The first kappa shape index (κ1) is 13.2. The third kappa shape index (κ3) is 3.64. The molecule has 0 aliphatic rings. The van der Waals surface area contributed by atoms with Crippen molar-refractivity contribution in [3.8, 4) is 0 Å². The Kier molecular flexibility index (Phi) is 5.01. The Morgan fingerprint density at radius 2 is 1.81 bits per heavy atom. The molecule has 0 saturated heterocycles. The van der Waals surface area contributed by atoms with Crippen LogP contribution in [-0.2, 0) is 5.54 Å². The van der Waals surface area contributed by atoms with Crippen LogP contribution in [0.1, 0.15) is 52.0 Å². The van der Waals surface area contributed by atoms with Gasteiger partial charge in [0.15, 0.2) is 0 Å². The number of rotatable bonds is 6. The van der Waals surface area contributed by atoms with Crippen LogP contribution in [0.3, 0.4) is 0 Å². The first-order valence-electron chi connectivity index (χ1n) is 6.43. The number of hydrogen-bond acceptors (Lipinski definition) is 1. The van der Waals surface area contributed by atoms with E-state index in [0.717, 1.165) is 18.8 Å². The van der Waals surface area contributed by atoms with Crippen LogP contribution in [0.15, 0.2) is 30.3 Å². The topological polar surface area (TPSA) is 26.0 Å². The Hall–Kier alpha value is -0.820. The predicted molar refractivity (Wildman–Crippen MR) is 71.3 cm³/mol. The number of benzene rings is 1. The van der Waals surface area contributed by atoms with Gasteiger partial charge in [-0.25, -0.2) is 0 Å². The number of nitrogens with two attached hydrogens (primary N) is 1. The summed E-state index contributed by atoms with van der Waals surface area (Å²) in [6.45, 7) is 6.72. The van der Waals surface area contributed by atoms with Crippen LogP contribution in [0.5, 0.6) is 0 Å². The van der Waals surface area contributed by atoms with Gasteiger partial charge in [0.1, 0.15) is 0 Å². The van der Waals surface area contributed by atoms with Crippen molar-refractivity contribution in [1.29, 1.82) is 0 Å². The quantitative estimate of drug-likeness (QED) is 0.766. The summed E-state index contributed by atoms with van der Waals surface area (Å²) in [5.41, 5.74) is 7.65. The highest BCUT2D eigenvalue weighted by Gasteiger charge is 2.24. The summed E-state index contributed by atoms with van der Waals surface area (Å²) in [4.78, 5) is 0. The van der Waals surface area contributed by atoms with E-state index in [1.807, 2.05) is 6.07 Å². The third-order valence-electron chi connectivity index (χ3n) is 3.38. The summed E-state index contributed by atoms with van der Waals surface area (Å²) in [6.07, 6.45) is 4.59. The Morgan fingerprint density at radius 3 is 2.31 bits per heavy atom. The fourth-order valence-electron chi connectivity index (χ4n) is 2.12. The van der Waals surface area contributed by atoms with E-state index >= 15 is 0 Å². The Labute approximate surface area is 100 Å². The van der Waals surface area contributed by atoms with E-state index < -0.39 is 0 Å². The van der Waals surface area contributed by atoms with Crippen LogP contribution in [0.2, 0.25) is 0 Å². The molecular weight excluding hydrogens is 194 g/mol. The summed E-state index contributed by atoms with van der Waals surface area (Å²) >= 11 is 0. The average Bonchev–Trinajstić information content (AvgIpc) is 2.29. The molecule has 1 aromatic rings. The summed E-state index contributed by atoms with van der Waals surface area (Å²) in [5, 5.41) is 0. The zero-order chi connectivity index (χ0) is 12.0. The molecule has 0 amide bonds. The van der Waals surface area contributed by atoms with Gasteiger partial charge >= 0.3 is 0 Å². The molecule has 16 heavy (non-hydrogen) atoms. The van der Waals surface area contributed by atoms with Crippen molar-refractivity contribution in [2.75, 3.05) is 0 Å². The van der Waals surface area contributed by atoms with Crippen LogP contribution < -0.4 is 5.73 Å². The van der Waals surface area contributed by atoms with Gasteiger partial charge in [-0.2, -0.15) is 0 Å². The minimum absolute atomic E-state index is 0.129. The molecule has 1 rings (SSSR count). The van der Waals surface area contributed by atoms with Crippen molar-refractivity contribution in [1.82, 2.24) is 0 Å². The fourth-order valence-corrected chi connectivity index (χ4v) is 2.12. The van der Waals surface area contributed by atoms with Crippen LogP contribution in [0.4, 0.5) is 0 Å². The lowest BCUT2D eigenvalue weighted by atomic mass is 9.83. The minimum Gasteiger partial charge on any atom is -0.321 e. The van der Waals surface area contributed by atoms with Crippen LogP contribution in [-0.4, -0.2) is 0 Å². The monoisotopic (exact) mass is 219 g/mol. The van der Waals surface area contributed by atoms with Gasteiger partial charge in [-0.3, -0.25) is 0 Å². The Bertz CT molecular complexity index is 292. The van der Waals surface area contributed by atoms with Crippen molar-refractivity contribution < 1.29 is 0 Å². The molecule has 0 radical (unpaired) electrons. The zero-order valence-corrected chi connectivity index (χ0v) is 10.9. The SMILES string of the molecule is CCC(N)(CCCC(C)C)c1ccccc1. The van der Waals surface area contributed by atoms with Gasteiger partial charge in [-0.1, -0.05) is 63.9 Å². The van der Waals surface area contributed by atoms with Gasteiger partial charge in [0.05, 0.1) is 0 Å². The van der Waals surface area contributed by atoms with Crippen LogP contribution >= 0.6 is 0 Å². The maximum Gasteiger partial charge on any atom is 0.0407 e. The van der Waals surface area contributed by atoms with Gasteiger partial charge in [0, 0.05) is 5.54 Å². The van der Waals surface area contributed by atoms with Crippen molar-refractivity contribution in [3.63, 3.8) is 0 Å². The van der Waals surface area contributed by atoms with Gasteiger partial charge in [0.25, 0.3) is 0 Å². The maximum absolute atomic E-state index is 6.50. The average molecular weight is 219 g/mol. The second kappa shape index (κ2) is 6.05. The van der Waals surface area contributed by atoms with E-state index in [0.29, 0.717) is 0 Å². The smallest absolute Gasteiger partial charge is 0.0407 e. The van der Waals surface area contributed by atoms with E-state index in [9.17, 15) is 0 Å². The zero-order valence-electron chi connectivity index (χ0n) is 10.9. The van der Waals surface area contributed by atoms with Gasteiger partial charge < -0.3 is 5.73 Å². The summed E-state index contributed by atoms with van der Waals surface area (Å²) < 4.78 is 0. The first-order valence-corrected chi connectivity index (χ1v) is 6.43.